The van der Waals surface area contributed by atoms with Crippen LogP contribution in [0, 0.1) is 5.82 Å². The maximum absolute atomic E-state index is 13.1. The number of benzene rings is 2. The van der Waals surface area contributed by atoms with E-state index in [1.54, 1.807) is 12.4 Å². The Hall–Kier alpha value is -4.07. The highest BCUT2D eigenvalue weighted by Gasteiger charge is 2.24. The number of nitrogens with zero attached hydrogens (tertiary/aromatic N) is 4. The Morgan fingerprint density at radius 3 is 2.41 bits per heavy atom. The number of aromatic nitrogens is 3. The Kier molecular flexibility index (Phi) is 6.03. The van der Waals surface area contributed by atoms with E-state index in [1.807, 2.05) is 46.0 Å². The standard InChI is InChI=1S/C26H24FN5O2/c27-22-7-5-21(6-8-22)26(34)31-12-9-19(10-13-31)18-1-3-20(4-2-18)25(33)30-15-23-17-32-14-11-28-24(32)16-29-23/h1-8,11,14,16-17,19H,9-10,12-13,15H2,(H,30,33). The molecule has 172 valence electrons. The van der Waals surface area contributed by atoms with Crippen molar-refractivity contribution in [3.8, 4) is 0 Å². The largest absolute Gasteiger partial charge is 0.346 e. The fourth-order valence-electron chi connectivity index (χ4n) is 4.33. The van der Waals surface area contributed by atoms with E-state index >= 15 is 0 Å². The van der Waals surface area contributed by atoms with Gasteiger partial charge in [-0.2, -0.15) is 0 Å². The fraction of sp³-hybridized carbons (Fsp3) is 0.231. The zero-order valence-corrected chi connectivity index (χ0v) is 18.5. The lowest BCUT2D eigenvalue weighted by Crippen LogP contribution is -2.37. The van der Waals surface area contributed by atoms with Gasteiger partial charge in [0.2, 0.25) is 0 Å². The molecule has 1 N–H and O–H groups in total. The number of piperidine rings is 1. The van der Waals surface area contributed by atoms with Gasteiger partial charge in [0.1, 0.15) is 5.82 Å². The second-order valence-corrected chi connectivity index (χ2v) is 8.45. The minimum Gasteiger partial charge on any atom is -0.346 e. The first kappa shape index (κ1) is 21.8. The second kappa shape index (κ2) is 9.43. The van der Waals surface area contributed by atoms with E-state index in [0.717, 1.165) is 29.7 Å². The number of halogens is 1. The van der Waals surface area contributed by atoms with Crippen LogP contribution in [0.5, 0.6) is 0 Å². The van der Waals surface area contributed by atoms with E-state index < -0.39 is 0 Å². The molecule has 0 spiro atoms. The maximum Gasteiger partial charge on any atom is 0.253 e. The Balaban J connectivity index is 1.14. The van der Waals surface area contributed by atoms with Crippen molar-refractivity contribution in [3.05, 3.63) is 102 Å². The molecule has 5 rings (SSSR count). The molecule has 1 aliphatic heterocycles. The van der Waals surface area contributed by atoms with Crippen LogP contribution in [0.25, 0.3) is 5.65 Å². The maximum atomic E-state index is 13.1. The summed E-state index contributed by atoms with van der Waals surface area (Å²) < 4.78 is 15.0. The number of nitrogens with one attached hydrogen (secondary N) is 1. The Morgan fingerprint density at radius 2 is 1.68 bits per heavy atom. The summed E-state index contributed by atoms with van der Waals surface area (Å²) in [6.07, 6.45) is 8.76. The van der Waals surface area contributed by atoms with Crippen molar-refractivity contribution in [3.63, 3.8) is 0 Å². The van der Waals surface area contributed by atoms with E-state index in [0.29, 0.717) is 36.7 Å². The smallest absolute Gasteiger partial charge is 0.253 e. The lowest BCUT2D eigenvalue weighted by atomic mass is 9.88. The van der Waals surface area contributed by atoms with E-state index in [-0.39, 0.29) is 17.6 Å². The van der Waals surface area contributed by atoms with Gasteiger partial charge in [0.15, 0.2) is 5.65 Å². The minimum absolute atomic E-state index is 0.0628. The molecule has 2 aromatic carbocycles. The molecule has 7 nitrogen and oxygen atoms in total. The molecular weight excluding hydrogens is 433 g/mol. The van der Waals surface area contributed by atoms with Crippen LogP contribution in [0.4, 0.5) is 4.39 Å². The molecule has 1 saturated heterocycles. The van der Waals surface area contributed by atoms with Gasteiger partial charge in [-0.05, 0) is 60.7 Å². The average molecular weight is 458 g/mol. The molecule has 3 heterocycles. The molecule has 0 saturated carbocycles. The van der Waals surface area contributed by atoms with Crippen molar-refractivity contribution in [1.82, 2.24) is 24.6 Å². The van der Waals surface area contributed by atoms with Crippen molar-refractivity contribution in [2.24, 2.45) is 0 Å². The Bertz CT molecular complexity index is 1310. The van der Waals surface area contributed by atoms with Gasteiger partial charge in [0.25, 0.3) is 11.8 Å². The summed E-state index contributed by atoms with van der Waals surface area (Å²) in [5.74, 6) is -0.230. The molecule has 0 unspecified atom stereocenters. The number of likely N-dealkylation sites (tertiary alicyclic amines) is 1. The summed E-state index contributed by atoms with van der Waals surface area (Å²) in [4.78, 5) is 35.5. The third-order valence-electron chi connectivity index (χ3n) is 6.28. The first-order chi connectivity index (χ1) is 16.6. The van der Waals surface area contributed by atoms with Gasteiger partial charge in [-0.1, -0.05) is 12.1 Å². The van der Waals surface area contributed by atoms with Crippen molar-refractivity contribution in [1.29, 1.82) is 0 Å². The zero-order valence-electron chi connectivity index (χ0n) is 18.5. The topological polar surface area (TPSA) is 79.6 Å². The van der Waals surface area contributed by atoms with Gasteiger partial charge in [-0.3, -0.25) is 14.6 Å². The minimum atomic E-state index is -0.347. The van der Waals surface area contributed by atoms with Crippen LogP contribution in [0.1, 0.15) is 50.7 Å². The number of fused-ring (bicyclic) bond motifs is 1. The quantitative estimate of drug-likeness (QED) is 0.494. The molecular formula is C26H24FN5O2. The first-order valence-electron chi connectivity index (χ1n) is 11.3. The zero-order chi connectivity index (χ0) is 23.5. The lowest BCUT2D eigenvalue weighted by molar-refractivity contribution is 0.0712. The molecule has 8 heteroatoms. The van der Waals surface area contributed by atoms with E-state index in [2.05, 4.69) is 15.3 Å². The van der Waals surface area contributed by atoms with Crippen LogP contribution >= 0.6 is 0 Å². The summed E-state index contributed by atoms with van der Waals surface area (Å²) in [7, 11) is 0. The van der Waals surface area contributed by atoms with E-state index in [9.17, 15) is 14.0 Å². The predicted molar refractivity (Wildman–Crippen MR) is 125 cm³/mol. The summed E-state index contributed by atoms with van der Waals surface area (Å²) >= 11 is 0. The van der Waals surface area contributed by atoms with Crippen LogP contribution in [0.3, 0.4) is 0 Å². The van der Waals surface area contributed by atoms with Crippen LogP contribution in [0.15, 0.2) is 73.3 Å². The monoisotopic (exact) mass is 457 g/mol. The Morgan fingerprint density at radius 1 is 0.971 bits per heavy atom. The molecule has 0 bridgehead atoms. The molecule has 1 aliphatic rings. The van der Waals surface area contributed by atoms with Crippen molar-refractivity contribution < 1.29 is 14.0 Å². The Labute approximate surface area is 196 Å². The van der Waals surface area contributed by atoms with Crippen LogP contribution in [-0.4, -0.2) is 44.2 Å². The number of rotatable bonds is 5. The van der Waals surface area contributed by atoms with Gasteiger partial charge in [-0.15, -0.1) is 0 Å². The number of imidazole rings is 1. The molecule has 0 aliphatic carbocycles. The van der Waals surface area contributed by atoms with Gasteiger partial charge >= 0.3 is 0 Å². The number of hydrogen-bond donors (Lipinski definition) is 1. The van der Waals surface area contributed by atoms with Gasteiger partial charge < -0.3 is 14.6 Å². The number of hydrogen-bond acceptors (Lipinski definition) is 4. The fourth-order valence-corrected chi connectivity index (χ4v) is 4.33. The third kappa shape index (κ3) is 4.66. The highest BCUT2D eigenvalue weighted by atomic mass is 19.1. The SMILES string of the molecule is O=C(NCc1cn2ccnc2cn1)c1ccc(C2CCN(C(=O)c3ccc(F)cc3)CC2)cc1. The molecule has 34 heavy (non-hydrogen) atoms. The summed E-state index contributed by atoms with van der Waals surface area (Å²) in [5, 5.41) is 2.91. The lowest BCUT2D eigenvalue weighted by Gasteiger charge is -2.32. The highest BCUT2D eigenvalue weighted by molar-refractivity contribution is 5.94. The van der Waals surface area contributed by atoms with Crippen LogP contribution in [-0.2, 0) is 6.54 Å². The van der Waals surface area contributed by atoms with Crippen molar-refractivity contribution in [2.45, 2.75) is 25.3 Å². The number of carbonyl (C=O) groups is 2. The molecule has 2 aromatic heterocycles. The summed E-state index contributed by atoms with van der Waals surface area (Å²) in [5.41, 5.74) is 3.78. The van der Waals surface area contributed by atoms with E-state index in [4.69, 9.17) is 0 Å². The third-order valence-corrected chi connectivity index (χ3v) is 6.28. The predicted octanol–water partition coefficient (Wildman–Crippen LogP) is 3.82. The second-order valence-electron chi connectivity index (χ2n) is 8.45. The van der Waals surface area contributed by atoms with Crippen molar-refractivity contribution in [2.75, 3.05) is 13.1 Å². The molecule has 2 amide bonds. The highest BCUT2D eigenvalue weighted by Crippen LogP contribution is 2.29. The molecule has 0 radical (unpaired) electrons. The summed E-state index contributed by atoms with van der Waals surface area (Å²) in [6.45, 7) is 1.63. The van der Waals surface area contributed by atoms with Gasteiger partial charge in [-0.25, -0.2) is 9.37 Å². The van der Waals surface area contributed by atoms with E-state index in [1.165, 1.54) is 24.3 Å². The number of amides is 2. The summed E-state index contributed by atoms with van der Waals surface area (Å²) in [6, 6.07) is 13.3. The van der Waals surface area contributed by atoms with Crippen molar-refractivity contribution >= 4 is 17.5 Å². The number of carbonyl (C=O) groups excluding carboxylic acids is 2. The van der Waals surface area contributed by atoms with Crippen LogP contribution in [0.2, 0.25) is 0 Å². The normalized spacial score (nSPS) is 14.3. The van der Waals surface area contributed by atoms with Gasteiger partial charge in [0, 0.05) is 42.8 Å². The first-order valence-corrected chi connectivity index (χ1v) is 11.3. The average Bonchev–Trinajstić information content (AvgIpc) is 3.35. The van der Waals surface area contributed by atoms with Gasteiger partial charge in [0.05, 0.1) is 18.4 Å². The molecule has 4 aromatic rings. The molecule has 0 atom stereocenters. The molecule has 1 fully saturated rings. The van der Waals surface area contributed by atoms with Crippen LogP contribution < -0.4 is 5.32 Å².